The summed E-state index contributed by atoms with van der Waals surface area (Å²) in [7, 11) is 1.95. The molecule has 0 spiro atoms. The summed E-state index contributed by atoms with van der Waals surface area (Å²) in [6.07, 6.45) is 5.11. The molecule has 3 nitrogen and oxygen atoms in total. The van der Waals surface area contributed by atoms with E-state index in [1.54, 1.807) is 0 Å². The molecule has 0 radical (unpaired) electrons. The van der Waals surface area contributed by atoms with Crippen LogP contribution in [0.1, 0.15) is 25.7 Å². The predicted molar refractivity (Wildman–Crippen MR) is 52.2 cm³/mol. The van der Waals surface area contributed by atoms with Gasteiger partial charge in [0.25, 0.3) is 0 Å². The summed E-state index contributed by atoms with van der Waals surface area (Å²) >= 11 is 0. The largest absolute Gasteiger partial charge is 0.326 e. The van der Waals surface area contributed by atoms with Gasteiger partial charge < -0.3 is 16.4 Å². The fourth-order valence-electron chi connectivity index (χ4n) is 1.84. The lowest BCUT2D eigenvalue weighted by atomic mass is 9.98. The van der Waals surface area contributed by atoms with Crippen LogP contribution < -0.4 is 16.4 Å². The van der Waals surface area contributed by atoms with Gasteiger partial charge in [-0.3, -0.25) is 0 Å². The molecule has 0 aromatic heterocycles. The second kappa shape index (κ2) is 5.51. The summed E-state index contributed by atoms with van der Waals surface area (Å²) in [6, 6.07) is 0.979. The van der Waals surface area contributed by atoms with Crippen molar-refractivity contribution in [3.8, 4) is 0 Å². The molecular weight excluding hydrogens is 150 g/mol. The number of hydrogen-bond acceptors (Lipinski definition) is 3. The van der Waals surface area contributed by atoms with Crippen LogP contribution in [0.2, 0.25) is 0 Å². The van der Waals surface area contributed by atoms with Gasteiger partial charge in [-0.15, -0.1) is 0 Å². The zero-order valence-corrected chi connectivity index (χ0v) is 7.97. The average Bonchev–Trinajstić information content (AvgIpc) is 2.06. The highest BCUT2D eigenvalue weighted by Gasteiger charge is 2.15. The van der Waals surface area contributed by atoms with Crippen LogP contribution in [0.15, 0.2) is 0 Å². The molecule has 1 fully saturated rings. The zero-order chi connectivity index (χ0) is 8.81. The van der Waals surface area contributed by atoms with E-state index in [-0.39, 0.29) is 0 Å². The molecule has 1 saturated heterocycles. The molecule has 1 aliphatic heterocycles. The third-order valence-corrected chi connectivity index (χ3v) is 2.47. The van der Waals surface area contributed by atoms with Crippen LogP contribution in [0.25, 0.3) is 0 Å². The van der Waals surface area contributed by atoms with E-state index in [1.807, 2.05) is 7.05 Å². The molecule has 3 heteroatoms. The van der Waals surface area contributed by atoms with E-state index >= 15 is 0 Å². The topological polar surface area (TPSA) is 50.1 Å². The van der Waals surface area contributed by atoms with Crippen molar-refractivity contribution in [1.29, 1.82) is 0 Å². The standard InChI is InChI=1S/C9H21N3/c1-11-7-8(10)6-9-4-2-3-5-12-9/h8-9,11-12H,2-7,10H2,1H3. The van der Waals surface area contributed by atoms with Crippen molar-refractivity contribution in [2.24, 2.45) is 5.73 Å². The molecule has 0 bridgehead atoms. The number of rotatable bonds is 4. The van der Waals surface area contributed by atoms with Gasteiger partial charge >= 0.3 is 0 Å². The van der Waals surface area contributed by atoms with E-state index in [0.29, 0.717) is 12.1 Å². The molecule has 0 saturated carbocycles. The quantitative estimate of drug-likeness (QED) is 0.561. The average molecular weight is 171 g/mol. The Kier molecular flexibility index (Phi) is 4.58. The summed E-state index contributed by atoms with van der Waals surface area (Å²) in [5, 5.41) is 6.60. The fraction of sp³-hybridized carbons (Fsp3) is 1.00. The normalized spacial score (nSPS) is 27.0. The summed E-state index contributed by atoms with van der Waals surface area (Å²) < 4.78 is 0. The smallest absolute Gasteiger partial charge is 0.0180 e. The highest BCUT2D eigenvalue weighted by molar-refractivity contribution is 4.77. The van der Waals surface area contributed by atoms with Crippen molar-refractivity contribution in [2.75, 3.05) is 20.1 Å². The third kappa shape index (κ3) is 3.52. The van der Waals surface area contributed by atoms with E-state index in [1.165, 1.54) is 25.8 Å². The monoisotopic (exact) mass is 171 g/mol. The van der Waals surface area contributed by atoms with Gasteiger partial charge in [-0.2, -0.15) is 0 Å². The molecule has 2 atom stereocenters. The first-order chi connectivity index (χ1) is 5.83. The number of nitrogens with two attached hydrogens (primary N) is 1. The molecule has 1 rings (SSSR count). The van der Waals surface area contributed by atoms with Crippen LogP contribution in [0, 0.1) is 0 Å². The lowest BCUT2D eigenvalue weighted by Gasteiger charge is -2.25. The number of likely N-dealkylation sites (N-methyl/N-ethyl adjacent to an activating group) is 1. The molecule has 2 unspecified atom stereocenters. The van der Waals surface area contributed by atoms with Crippen molar-refractivity contribution in [2.45, 2.75) is 37.8 Å². The Bertz CT molecular complexity index is 110. The third-order valence-electron chi connectivity index (χ3n) is 2.47. The molecule has 4 N–H and O–H groups in total. The van der Waals surface area contributed by atoms with Crippen molar-refractivity contribution in [1.82, 2.24) is 10.6 Å². The second-order valence-corrected chi connectivity index (χ2v) is 3.70. The van der Waals surface area contributed by atoms with Crippen LogP contribution in [-0.2, 0) is 0 Å². The molecule has 12 heavy (non-hydrogen) atoms. The van der Waals surface area contributed by atoms with Gasteiger partial charge in [0.15, 0.2) is 0 Å². The minimum atomic E-state index is 0.311. The Morgan fingerprint density at radius 2 is 2.42 bits per heavy atom. The maximum absolute atomic E-state index is 5.91. The van der Waals surface area contributed by atoms with Gasteiger partial charge in [0.2, 0.25) is 0 Å². The van der Waals surface area contributed by atoms with E-state index in [9.17, 15) is 0 Å². The number of hydrogen-bond donors (Lipinski definition) is 3. The van der Waals surface area contributed by atoms with Crippen LogP contribution in [-0.4, -0.2) is 32.2 Å². The van der Waals surface area contributed by atoms with Crippen LogP contribution >= 0.6 is 0 Å². The minimum absolute atomic E-state index is 0.311. The second-order valence-electron chi connectivity index (χ2n) is 3.70. The minimum Gasteiger partial charge on any atom is -0.326 e. The zero-order valence-electron chi connectivity index (χ0n) is 7.97. The van der Waals surface area contributed by atoms with Gasteiger partial charge in [0.1, 0.15) is 0 Å². The number of nitrogens with one attached hydrogen (secondary N) is 2. The molecule has 0 aromatic carbocycles. The van der Waals surface area contributed by atoms with Crippen LogP contribution in [0.5, 0.6) is 0 Å². The highest BCUT2D eigenvalue weighted by Crippen LogP contribution is 2.10. The van der Waals surface area contributed by atoms with Crippen LogP contribution in [0.3, 0.4) is 0 Å². The molecule has 0 aromatic rings. The van der Waals surface area contributed by atoms with E-state index < -0.39 is 0 Å². The molecule has 0 aliphatic carbocycles. The Labute approximate surface area is 75.1 Å². The summed E-state index contributed by atoms with van der Waals surface area (Å²) in [5.41, 5.74) is 5.91. The maximum Gasteiger partial charge on any atom is 0.0180 e. The van der Waals surface area contributed by atoms with E-state index in [4.69, 9.17) is 5.73 Å². The lowest BCUT2D eigenvalue weighted by molar-refractivity contribution is 0.357. The Balaban J connectivity index is 2.11. The van der Waals surface area contributed by atoms with Gasteiger partial charge in [-0.25, -0.2) is 0 Å². The Morgan fingerprint density at radius 3 is 3.00 bits per heavy atom. The first-order valence-corrected chi connectivity index (χ1v) is 4.96. The Hall–Kier alpha value is -0.120. The van der Waals surface area contributed by atoms with E-state index in [0.717, 1.165) is 13.0 Å². The highest BCUT2D eigenvalue weighted by atomic mass is 14.9. The molecule has 1 heterocycles. The maximum atomic E-state index is 5.91. The van der Waals surface area contributed by atoms with Gasteiger partial charge in [0.05, 0.1) is 0 Å². The summed E-state index contributed by atoms with van der Waals surface area (Å²) in [5.74, 6) is 0. The van der Waals surface area contributed by atoms with Crippen molar-refractivity contribution in [3.05, 3.63) is 0 Å². The van der Waals surface area contributed by atoms with Crippen molar-refractivity contribution in [3.63, 3.8) is 0 Å². The van der Waals surface area contributed by atoms with Gasteiger partial charge in [-0.05, 0) is 32.9 Å². The SMILES string of the molecule is CNCC(N)CC1CCCCN1. The molecule has 0 amide bonds. The first kappa shape index (κ1) is 9.96. The van der Waals surface area contributed by atoms with Crippen molar-refractivity contribution >= 4 is 0 Å². The molecule has 72 valence electrons. The Morgan fingerprint density at radius 1 is 1.58 bits per heavy atom. The summed E-state index contributed by atoms with van der Waals surface area (Å²) in [6.45, 7) is 2.11. The van der Waals surface area contributed by atoms with Gasteiger partial charge in [0, 0.05) is 18.6 Å². The molecule has 1 aliphatic rings. The fourth-order valence-corrected chi connectivity index (χ4v) is 1.84. The lowest BCUT2D eigenvalue weighted by Crippen LogP contribution is -2.42. The van der Waals surface area contributed by atoms with Gasteiger partial charge in [-0.1, -0.05) is 6.42 Å². The summed E-state index contributed by atoms with van der Waals surface area (Å²) in [4.78, 5) is 0. The van der Waals surface area contributed by atoms with Crippen molar-refractivity contribution < 1.29 is 0 Å². The first-order valence-electron chi connectivity index (χ1n) is 4.96. The predicted octanol–water partition coefficient (Wildman–Crippen LogP) is 0.0653. The number of piperidine rings is 1. The van der Waals surface area contributed by atoms with E-state index in [2.05, 4.69) is 10.6 Å². The molecular formula is C9H21N3. The van der Waals surface area contributed by atoms with Crippen LogP contribution in [0.4, 0.5) is 0 Å².